The SMILES string of the molecule is COC(=O)N[C@H](C(=O)N1CCC[C@H]1c1ncc(-c2ccc(-c3ccc(-c4cnc([C@@H]5CCCN5C(=O)OC(C)(C)C)[nH]4)cc3)c(-c3ccccc3)c2)[nH]1)C(C)C. The molecular weight excluding hydrogens is 707 g/mol. The summed E-state index contributed by atoms with van der Waals surface area (Å²) >= 11 is 0. The highest BCUT2D eigenvalue weighted by atomic mass is 16.6. The highest BCUT2D eigenvalue weighted by Gasteiger charge is 2.38. The third kappa shape index (κ3) is 8.19. The van der Waals surface area contributed by atoms with Gasteiger partial charge in [-0.25, -0.2) is 19.6 Å². The molecule has 2 aliphatic heterocycles. The van der Waals surface area contributed by atoms with Gasteiger partial charge in [0, 0.05) is 18.7 Å². The molecule has 0 saturated carbocycles. The molecular formula is C44H51N7O5. The molecule has 12 heteroatoms. The maximum atomic E-state index is 13.7. The van der Waals surface area contributed by atoms with Gasteiger partial charge in [0.1, 0.15) is 23.3 Å². The number of imidazole rings is 2. The van der Waals surface area contributed by atoms with E-state index in [1.165, 1.54) is 7.11 Å². The van der Waals surface area contributed by atoms with Crippen LogP contribution in [0, 0.1) is 5.92 Å². The van der Waals surface area contributed by atoms with Gasteiger partial charge in [-0.3, -0.25) is 9.69 Å². The van der Waals surface area contributed by atoms with Crippen LogP contribution in [0.4, 0.5) is 9.59 Å². The minimum absolute atomic E-state index is 0.111. The fraction of sp³-hybridized carbons (Fsp3) is 0.386. The lowest BCUT2D eigenvalue weighted by atomic mass is 9.91. The minimum atomic E-state index is -0.696. The van der Waals surface area contributed by atoms with Gasteiger partial charge >= 0.3 is 12.2 Å². The minimum Gasteiger partial charge on any atom is -0.453 e. The van der Waals surface area contributed by atoms with Crippen molar-refractivity contribution in [2.45, 2.75) is 84.0 Å². The first-order valence-electron chi connectivity index (χ1n) is 19.4. The molecule has 0 bridgehead atoms. The molecule has 12 nitrogen and oxygen atoms in total. The summed E-state index contributed by atoms with van der Waals surface area (Å²) in [5.74, 6) is 1.23. The molecule has 292 valence electrons. The Morgan fingerprint density at radius 1 is 0.750 bits per heavy atom. The van der Waals surface area contributed by atoms with Crippen molar-refractivity contribution in [2.24, 2.45) is 5.92 Å². The van der Waals surface area contributed by atoms with Gasteiger partial charge in [-0.2, -0.15) is 0 Å². The first-order chi connectivity index (χ1) is 26.9. The number of nitrogens with one attached hydrogen (secondary N) is 3. The standard InChI is InChI=1S/C44H51N7O5/c1-27(2)38(49-42(53)55-6)41(52)50-22-10-14-36(50)39-46-26-35(48-39)31-20-21-32(33(24-31)28-12-8-7-9-13-28)29-16-18-30(19-17-29)34-25-45-40(47-34)37-15-11-23-51(37)43(54)56-44(3,4)5/h7-9,12-13,16-21,24-27,36-38H,10-11,14-15,22-23H2,1-6H3,(H,45,47)(H,46,48)(H,49,53)/t36-,37-,38-/m0/s1. The van der Waals surface area contributed by atoms with E-state index in [1.807, 2.05) is 70.1 Å². The number of carbonyl (C=O) groups is 3. The number of likely N-dealkylation sites (tertiary alicyclic amines) is 2. The van der Waals surface area contributed by atoms with Crippen molar-refractivity contribution in [3.63, 3.8) is 0 Å². The Morgan fingerprint density at radius 3 is 1.91 bits per heavy atom. The zero-order valence-electron chi connectivity index (χ0n) is 33.0. The molecule has 5 aromatic rings. The number of alkyl carbamates (subject to hydrolysis) is 1. The van der Waals surface area contributed by atoms with E-state index in [0.29, 0.717) is 13.1 Å². The van der Waals surface area contributed by atoms with Crippen molar-refractivity contribution in [1.29, 1.82) is 0 Å². The van der Waals surface area contributed by atoms with Crippen molar-refractivity contribution in [2.75, 3.05) is 20.2 Å². The average molecular weight is 758 g/mol. The van der Waals surface area contributed by atoms with Crippen LogP contribution in [0.5, 0.6) is 0 Å². The number of nitrogens with zero attached hydrogens (tertiary/aromatic N) is 4. The zero-order chi connectivity index (χ0) is 39.6. The summed E-state index contributed by atoms with van der Waals surface area (Å²) in [6.07, 6.45) is 6.08. The molecule has 2 saturated heterocycles. The van der Waals surface area contributed by atoms with Crippen LogP contribution >= 0.6 is 0 Å². The number of methoxy groups -OCH3 is 1. The molecule has 4 heterocycles. The van der Waals surface area contributed by atoms with Crippen LogP contribution in [-0.4, -0.2) is 79.7 Å². The number of aromatic nitrogens is 4. The molecule has 3 N–H and O–H groups in total. The van der Waals surface area contributed by atoms with Gasteiger partial charge in [0.25, 0.3) is 0 Å². The number of aromatic amines is 2. The van der Waals surface area contributed by atoms with Crippen molar-refractivity contribution in [3.05, 3.63) is 96.8 Å². The molecule has 2 aromatic heterocycles. The molecule has 2 fully saturated rings. The molecule has 0 unspecified atom stereocenters. The van der Waals surface area contributed by atoms with E-state index >= 15 is 0 Å². The summed E-state index contributed by atoms with van der Waals surface area (Å²) in [7, 11) is 1.30. The lowest BCUT2D eigenvalue weighted by Crippen LogP contribution is -2.51. The van der Waals surface area contributed by atoms with Crippen LogP contribution < -0.4 is 5.32 Å². The Morgan fingerprint density at radius 2 is 1.30 bits per heavy atom. The lowest BCUT2D eigenvalue weighted by Gasteiger charge is -2.30. The Bertz CT molecular complexity index is 2170. The van der Waals surface area contributed by atoms with Gasteiger partial charge < -0.3 is 29.7 Å². The van der Waals surface area contributed by atoms with Gasteiger partial charge in [-0.05, 0) is 86.3 Å². The normalized spacial score (nSPS) is 17.6. The van der Waals surface area contributed by atoms with Crippen LogP contribution in [0.2, 0.25) is 0 Å². The van der Waals surface area contributed by atoms with Crippen LogP contribution in [-0.2, 0) is 14.3 Å². The van der Waals surface area contributed by atoms with Crippen molar-refractivity contribution < 1.29 is 23.9 Å². The van der Waals surface area contributed by atoms with E-state index in [2.05, 4.69) is 69.9 Å². The van der Waals surface area contributed by atoms with E-state index in [1.54, 1.807) is 4.90 Å². The maximum Gasteiger partial charge on any atom is 0.410 e. The topological polar surface area (TPSA) is 146 Å². The Hall–Kier alpha value is -5.91. The van der Waals surface area contributed by atoms with Crippen molar-refractivity contribution in [3.8, 4) is 44.8 Å². The van der Waals surface area contributed by atoms with E-state index < -0.39 is 17.7 Å². The van der Waals surface area contributed by atoms with Gasteiger partial charge in [-0.1, -0.05) is 80.6 Å². The number of amides is 3. The zero-order valence-corrected chi connectivity index (χ0v) is 33.0. The van der Waals surface area contributed by atoms with E-state index in [4.69, 9.17) is 19.4 Å². The third-order valence-electron chi connectivity index (χ3n) is 10.6. The molecule has 3 aromatic carbocycles. The average Bonchev–Trinajstić information content (AvgIpc) is 4.02. The number of H-pyrrole nitrogens is 2. The molecule has 7 rings (SSSR count). The van der Waals surface area contributed by atoms with Gasteiger partial charge in [0.05, 0.1) is 43.0 Å². The molecule has 2 aliphatic rings. The van der Waals surface area contributed by atoms with E-state index in [9.17, 15) is 14.4 Å². The number of hydrogen-bond acceptors (Lipinski definition) is 7. The predicted octanol–water partition coefficient (Wildman–Crippen LogP) is 8.92. The first-order valence-corrected chi connectivity index (χ1v) is 19.4. The van der Waals surface area contributed by atoms with Crippen molar-refractivity contribution in [1.82, 2.24) is 35.1 Å². The van der Waals surface area contributed by atoms with Crippen LogP contribution in [0.25, 0.3) is 44.8 Å². The first kappa shape index (κ1) is 38.4. The third-order valence-corrected chi connectivity index (χ3v) is 10.6. The molecule has 0 aliphatic carbocycles. The number of ether oxygens (including phenoxy) is 2. The summed E-state index contributed by atoms with van der Waals surface area (Å²) in [6.45, 7) is 10.7. The molecule has 3 amide bonds. The number of rotatable bonds is 9. The number of carbonyl (C=O) groups excluding carboxylic acids is 3. The Labute approximate surface area is 328 Å². The van der Waals surface area contributed by atoms with Crippen LogP contribution in [0.3, 0.4) is 0 Å². The van der Waals surface area contributed by atoms with E-state index in [0.717, 1.165) is 82.1 Å². The largest absolute Gasteiger partial charge is 0.453 e. The Kier molecular flexibility index (Phi) is 11.0. The summed E-state index contributed by atoms with van der Waals surface area (Å²) in [4.78, 5) is 58.7. The fourth-order valence-corrected chi connectivity index (χ4v) is 7.74. The highest BCUT2D eigenvalue weighted by molar-refractivity contribution is 5.88. The molecule has 3 atom stereocenters. The van der Waals surface area contributed by atoms with E-state index in [-0.39, 0.29) is 30.0 Å². The number of hydrogen-bond donors (Lipinski definition) is 3. The second-order valence-electron chi connectivity index (χ2n) is 15.9. The maximum absolute atomic E-state index is 13.7. The summed E-state index contributed by atoms with van der Waals surface area (Å²) in [5.41, 5.74) is 7.47. The van der Waals surface area contributed by atoms with Gasteiger partial charge in [0.15, 0.2) is 0 Å². The summed E-state index contributed by atoms with van der Waals surface area (Å²) in [6, 6.07) is 24.1. The monoisotopic (exact) mass is 757 g/mol. The second kappa shape index (κ2) is 16.1. The molecule has 0 radical (unpaired) electrons. The fourth-order valence-electron chi connectivity index (χ4n) is 7.74. The quantitative estimate of drug-likeness (QED) is 0.136. The highest BCUT2D eigenvalue weighted by Crippen LogP contribution is 2.38. The summed E-state index contributed by atoms with van der Waals surface area (Å²) in [5, 5.41) is 2.72. The summed E-state index contributed by atoms with van der Waals surface area (Å²) < 4.78 is 10.5. The molecule has 56 heavy (non-hydrogen) atoms. The van der Waals surface area contributed by atoms with Crippen molar-refractivity contribution >= 4 is 18.1 Å². The second-order valence-corrected chi connectivity index (χ2v) is 15.9. The smallest absolute Gasteiger partial charge is 0.410 e. The van der Waals surface area contributed by atoms with Crippen LogP contribution in [0.15, 0.2) is 85.2 Å². The number of benzene rings is 3. The Balaban J connectivity index is 1.12. The van der Waals surface area contributed by atoms with Gasteiger partial charge in [0.2, 0.25) is 5.91 Å². The lowest BCUT2D eigenvalue weighted by molar-refractivity contribution is -0.135. The predicted molar refractivity (Wildman–Crippen MR) is 215 cm³/mol. The van der Waals surface area contributed by atoms with Crippen LogP contribution in [0.1, 0.15) is 84.0 Å². The van der Waals surface area contributed by atoms with Gasteiger partial charge in [-0.15, -0.1) is 0 Å². The molecule has 0 spiro atoms.